The first-order chi connectivity index (χ1) is 16.7. The highest BCUT2D eigenvalue weighted by Gasteiger charge is 2.45. The van der Waals surface area contributed by atoms with Crippen molar-refractivity contribution in [1.29, 1.82) is 0 Å². The molecule has 0 amide bonds. The number of methoxy groups -OCH3 is 2. The quantitative estimate of drug-likeness (QED) is 0.238. The molecule has 35 heavy (non-hydrogen) atoms. The number of hydrogen-bond acceptors (Lipinski definition) is 11. The SMILES string of the molecule is COc1cc(-c2[o+]c3cc(O)cc(O)c3cc2O[C@@H]2O[C@H](CO)[C@@H](O)[C@@H](O)[C@@H]2O)cc(OC)c1O. The second-order valence-corrected chi connectivity index (χ2v) is 7.86. The molecule has 1 fully saturated rings. The van der Waals surface area contributed by atoms with Crippen LogP contribution >= 0.6 is 0 Å². The normalized spacial score (nSPS) is 24.3. The number of ether oxygens (including phenoxy) is 4. The summed E-state index contributed by atoms with van der Waals surface area (Å²) in [5.74, 6) is -0.928. The lowest BCUT2D eigenvalue weighted by Crippen LogP contribution is -2.60. The van der Waals surface area contributed by atoms with E-state index >= 15 is 0 Å². The zero-order valence-corrected chi connectivity index (χ0v) is 18.7. The smallest absolute Gasteiger partial charge is 0.402 e. The first-order valence-corrected chi connectivity index (χ1v) is 10.4. The first kappa shape index (κ1) is 24.6. The standard InChI is InChI=1S/C23H24O12/c1-31-14-3-9(4-15(32-2)18(14)27)22-16(7-11-12(26)5-10(25)6-13(11)33-22)34-23-21(30)20(29)19(28)17(8-24)35-23/h3-7,17,19-21,23-24,28-30H,8H2,1-2H3,(H2-,25,26,27)/p+1/t17-,19-,20-,21+,23-/m1/s1. The summed E-state index contributed by atoms with van der Waals surface area (Å²) in [6.07, 6.45) is -7.77. The average Bonchev–Trinajstić information content (AvgIpc) is 2.84. The third kappa shape index (κ3) is 4.45. The Labute approximate surface area is 198 Å². The lowest BCUT2D eigenvalue weighted by Gasteiger charge is -2.39. The van der Waals surface area contributed by atoms with E-state index in [-0.39, 0.29) is 56.8 Å². The maximum atomic E-state index is 10.4. The molecule has 0 bridgehead atoms. The van der Waals surface area contributed by atoms with Crippen LogP contribution in [0.3, 0.4) is 0 Å². The Morgan fingerprint density at radius 3 is 2.11 bits per heavy atom. The van der Waals surface area contributed by atoms with Gasteiger partial charge in [-0.25, -0.2) is 4.42 Å². The summed E-state index contributed by atoms with van der Waals surface area (Å²) in [4.78, 5) is 0. The lowest BCUT2D eigenvalue weighted by atomic mass is 9.99. The van der Waals surface area contributed by atoms with Crippen LogP contribution in [0.25, 0.3) is 22.3 Å². The molecular formula is C23H25O12+. The molecule has 4 rings (SSSR count). The Morgan fingerprint density at radius 2 is 1.51 bits per heavy atom. The Balaban J connectivity index is 1.89. The number of aromatic hydroxyl groups is 3. The number of aliphatic hydroxyl groups is 4. The van der Waals surface area contributed by atoms with E-state index in [9.17, 15) is 35.7 Å². The maximum absolute atomic E-state index is 10.4. The largest absolute Gasteiger partial charge is 0.507 e. The van der Waals surface area contributed by atoms with Crippen molar-refractivity contribution in [2.24, 2.45) is 0 Å². The van der Waals surface area contributed by atoms with E-state index in [0.29, 0.717) is 0 Å². The molecule has 188 valence electrons. The van der Waals surface area contributed by atoms with Crippen LogP contribution in [0, 0.1) is 0 Å². The molecule has 7 N–H and O–H groups in total. The van der Waals surface area contributed by atoms with E-state index in [0.717, 1.165) is 6.07 Å². The van der Waals surface area contributed by atoms with Crippen LogP contribution in [-0.4, -0.2) is 87.3 Å². The van der Waals surface area contributed by atoms with Gasteiger partial charge in [-0.1, -0.05) is 0 Å². The van der Waals surface area contributed by atoms with E-state index in [1.807, 2.05) is 0 Å². The summed E-state index contributed by atoms with van der Waals surface area (Å²) < 4.78 is 27.5. The molecule has 2 aromatic carbocycles. The Hall–Kier alpha value is -3.55. The molecule has 1 saturated heterocycles. The van der Waals surface area contributed by atoms with Gasteiger partial charge in [0.2, 0.25) is 17.8 Å². The number of phenolic OH excluding ortho intramolecular Hbond substituents is 3. The molecule has 1 aliphatic rings. The summed E-state index contributed by atoms with van der Waals surface area (Å²) in [6.45, 7) is -0.661. The molecule has 12 heteroatoms. The van der Waals surface area contributed by atoms with Crippen LogP contribution in [0.4, 0.5) is 0 Å². The van der Waals surface area contributed by atoms with Crippen LogP contribution in [0.1, 0.15) is 0 Å². The molecule has 0 spiro atoms. The van der Waals surface area contributed by atoms with Crippen molar-refractivity contribution >= 4 is 11.0 Å². The zero-order valence-electron chi connectivity index (χ0n) is 18.7. The van der Waals surface area contributed by atoms with Crippen molar-refractivity contribution in [3.8, 4) is 45.8 Å². The molecule has 3 aromatic rings. The Morgan fingerprint density at radius 1 is 0.857 bits per heavy atom. The number of hydrogen-bond donors (Lipinski definition) is 7. The molecule has 0 unspecified atom stereocenters. The van der Waals surface area contributed by atoms with Gasteiger partial charge < -0.3 is 54.7 Å². The zero-order chi connectivity index (χ0) is 25.4. The molecule has 1 aromatic heterocycles. The van der Waals surface area contributed by atoms with Gasteiger partial charge in [-0.2, -0.15) is 0 Å². The predicted molar refractivity (Wildman–Crippen MR) is 119 cm³/mol. The number of aliphatic hydroxyl groups excluding tert-OH is 4. The fraction of sp³-hybridized carbons (Fsp3) is 0.348. The van der Waals surface area contributed by atoms with E-state index in [2.05, 4.69) is 0 Å². The van der Waals surface area contributed by atoms with Gasteiger partial charge in [-0.05, 0) is 0 Å². The fourth-order valence-electron chi connectivity index (χ4n) is 3.79. The first-order valence-electron chi connectivity index (χ1n) is 10.4. The highest BCUT2D eigenvalue weighted by molar-refractivity contribution is 5.88. The average molecular weight is 493 g/mol. The van der Waals surface area contributed by atoms with E-state index in [1.54, 1.807) is 0 Å². The summed E-state index contributed by atoms with van der Waals surface area (Å²) in [5.41, 5.74) is 0.325. The number of benzene rings is 2. The monoisotopic (exact) mass is 493 g/mol. The van der Waals surface area contributed by atoms with Crippen molar-refractivity contribution in [3.05, 3.63) is 30.3 Å². The summed E-state index contributed by atoms with van der Waals surface area (Å²) in [7, 11) is 2.66. The summed E-state index contributed by atoms with van der Waals surface area (Å²) in [5, 5.41) is 70.7. The molecule has 2 heterocycles. The molecule has 0 radical (unpaired) electrons. The van der Waals surface area contributed by atoms with Gasteiger partial charge in [0.05, 0.1) is 32.5 Å². The minimum Gasteiger partial charge on any atom is -0.507 e. The van der Waals surface area contributed by atoms with Gasteiger partial charge in [0.25, 0.3) is 0 Å². The number of fused-ring (bicyclic) bond motifs is 1. The minimum absolute atomic E-state index is 0.0175. The van der Waals surface area contributed by atoms with Crippen LogP contribution in [-0.2, 0) is 4.74 Å². The second kappa shape index (κ2) is 9.60. The number of rotatable bonds is 6. The highest BCUT2D eigenvalue weighted by atomic mass is 16.7. The van der Waals surface area contributed by atoms with E-state index < -0.39 is 37.3 Å². The fourth-order valence-corrected chi connectivity index (χ4v) is 3.79. The topological polar surface area (TPSA) is 190 Å². The third-order valence-electron chi connectivity index (χ3n) is 5.65. The van der Waals surface area contributed by atoms with Gasteiger partial charge in [-0.15, -0.1) is 0 Å². The van der Waals surface area contributed by atoms with Crippen LogP contribution < -0.4 is 14.2 Å². The van der Waals surface area contributed by atoms with Crippen molar-refractivity contribution in [3.63, 3.8) is 0 Å². The molecular weight excluding hydrogens is 468 g/mol. The van der Waals surface area contributed by atoms with Crippen molar-refractivity contribution in [1.82, 2.24) is 0 Å². The van der Waals surface area contributed by atoms with Crippen molar-refractivity contribution < 1.29 is 59.1 Å². The lowest BCUT2D eigenvalue weighted by molar-refractivity contribution is -0.277. The minimum atomic E-state index is -1.71. The molecule has 5 atom stereocenters. The Bertz CT molecular complexity index is 1200. The van der Waals surface area contributed by atoms with Gasteiger partial charge in [0.1, 0.15) is 41.3 Å². The summed E-state index contributed by atoms with van der Waals surface area (Å²) in [6, 6.07) is 6.50. The molecule has 0 saturated carbocycles. The maximum Gasteiger partial charge on any atom is 0.402 e. The van der Waals surface area contributed by atoms with Crippen LogP contribution in [0.5, 0.6) is 34.5 Å². The van der Waals surface area contributed by atoms with Crippen LogP contribution in [0.15, 0.2) is 34.7 Å². The molecule has 12 nitrogen and oxygen atoms in total. The third-order valence-corrected chi connectivity index (χ3v) is 5.65. The van der Waals surface area contributed by atoms with Crippen LogP contribution in [0.2, 0.25) is 0 Å². The van der Waals surface area contributed by atoms with Gasteiger partial charge in [0.15, 0.2) is 11.5 Å². The molecule has 1 aliphatic heterocycles. The summed E-state index contributed by atoms with van der Waals surface area (Å²) >= 11 is 0. The Kier molecular flexibility index (Phi) is 6.74. The van der Waals surface area contributed by atoms with E-state index in [4.69, 9.17) is 23.4 Å². The van der Waals surface area contributed by atoms with Gasteiger partial charge >= 0.3 is 11.3 Å². The molecule has 0 aliphatic carbocycles. The van der Waals surface area contributed by atoms with Gasteiger partial charge in [-0.3, -0.25) is 0 Å². The highest BCUT2D eigenvalue weighted by Crippen LogP contribution is 2.45. The van der Waals surface area contributed by atoms with Gasteiger partial charge in [0, 0.05) is 24.3 Å². The predicted octanol–water partition coefficient (Wildman–Crippen LogP) is 0.694. The van der Waals surface area contributed by atoms with E-state index in [1.165, 1.54) is 38.5 Å². The van der Waals surface area contributed by atoms with Crippen molar-refractivity contribution in [2.45, 2.75) is 30.7 Å². The van der Waals surface area contributed by atoms with Crippen molar-refractivity contribution in [2.75, 3.05) is 20.8 Å². The second-order valence-electron chi connectivity index (χ2n) is 7.86. The number of phenols is 3.